The quantitative estimate of drug-likeness (QED) is 0.819. The summed E-state index contributed by atoms with van der Waals surface area (Å²) in [6.07, 6.45) is 8.43. The average molecular weight is 293 g/mol. The van der Waals surface area contributed by atoms with Crippen LogP contribution in [-0.2, 0) is 5.54 Å². The molecule has 2 aromatic rings. The Labute approximate surface area is 131 Å². The van der Waals surface area contributed by atoms with E-state index in [2.05, 4.69) is 61.7 Å². The topological polar surface area (TPSA) is 12.0 Å². The second-order valence-corrected chi connectivity index (χ2v) is 5.90. The molecule has 22 heavy (non-hydrogen) atoms. The minimum absolute atomic E-state index is 0.211. The van der Waals surface area contributed by atoms with Gasteiger partial charge in [0.25, 0.3) is 0 Å². The Hall–Kier alpha value is -2.35. The third-order valence-corrected chi connectivity index (χ3v) is 4.31. The van der Waals surface area contributed by atoms with Crippen molar-refractivity contribution in [2.45, 2.75) is 19.4 Å². The molecule has 0 saturated heterocycles. The molecule has 0 radical (unpaired) electrons. The summed E-state index contributed by atoms with van der Waals surface area (Å²) in [4.78, 5) is 0. The monoisotopic (exact) mass is 293 g/mol. The normalized spacial score (nSPS) is 23.5. The molecule has 0 fully saturated rings. The zero-order valence-electron chi connectivity index (χ0n) is 12.9. The molecule has 1 N–H and O–H groups in total. The Balaban J connectivity index is 2.03. The Bertz CT molecular complexity index is 697. The number of hydrogen-bond donors (Lipinski definition) is 1. The van der Waals surface area contributed by atoms with Gasteiger partial charge in [0.2, 0.25) is 0 Å². The van der Waals surface area contributed by atoms with Gasteiger partial charge in [-0.05, 0) is 36.8 Å². The molecule has 2 aromatic carbocycles. The fourth-order valence-electron chi connectivity index (χ4n) is 2.93. The molecule has 0 heterocycles. The largest absolute Gasteiger partial charge is 0.372 e. The number of hydrogen-bond acceptors (Lipinski definition) is 1. The van der Waals surface area contributed by atoms with Crippen LogP contribution in [0.15, 0.2) is 72.8 Å². The Morgan fingerprint density at radius 2 is 1.64 bits per heavy atom. The molecule has 112 valence electrons. The zero-order valence-corrected chi connectivity index (χ0v) is 12.9. The fourth-order valence-corrected chi connectivity index (χ4v) is 2.93. The van der Waals surface area contributed by atoms with Gasteiger partial charge in [0.15, 0.2) is 0 Å². The first-order chi connectivity index (χ1) is 10.6. The van der Waals surface area contributed by atoms with Gasteiger partial charge in [0.1, 0.15) is 5.82 Å². The van der Waals surface area contributed by atoms with Crippen LogP contribution in [0.1, 0.15) is 18.1 Å². The highest BCUT2D eigenvalue weighted by atomic mass is 19.1. The van der Waals surface area contributed by atoms with Gasteiger partial charge in [0, 0.05) is 11.6 Å². The minimum atomic E-state index is -0.363. The lowest BCUT2D eigenvalue weighted by Gasteiger charge is -2.39. The summed E-state index contributed by atoms with van der Waals surface area (Å²) in [6.45, 7) is 4.25. The first-order valence-electron chi connectivity index (χ1n) is 7.57. The lowest BCUT2D eigenvalue weighted by atomic mass is 9.76. The number of rotatable bonds is 3. The van der Waals surface area contributed by atoms with Crippen LogP contribution >= 0.6 is 0 Å². The average Bonchev–Trinajstić information content (AvgIpc) is 2.53. The maximum absolute atomic E-state index is 13.3. The molecule has 2 atom stereocenters. The van der Waals surface area contributed by atoms with Crippen molar-refractivity contribution in [2.75, 3.05) is 5.32 Å². The van der Waals surface area contributed by atoms with E-state index in [0.29, 0.717) is 0 Å². The third kappa shape index (κ3) is 2.69. The van der Waals surface area contributed by atoms with Crippen LogP contribution in [0, 0.1) is 18.7 Å². The molecule has 1 aliphatic carbocycles. The molecule has 0 saturated carbocycles. The maximum Gasteiger partial charge on any atom is 0.123 e. The Morgan fingerprint density at radius 3 is 2.27 bits per heavy atom. The van der Waals surface area contributed by atoms with Crippen LogP contribution in [0.5, 0.6) is 0 Å². The first kappa shape index (κ1) is 14.6. The molecule has 0 aliphatic heterocycles. The van der Waals surface area contributed by atoms with Gasteiger partial charge < -0.3 is 5.32 Å². The highest BCUT2D eigenvalue weighted by molar-refractivity contribution is 5.53. The molecule has 2 unspecified atom stereocenters. The van der Waals surface area contributed by atoms with E-state index < -0.39 is 0 Å². The number of nitrogens with one attached hydrogen (secondary N) is 1. The molecule has 0 bridgehead atoms. The maximum atomic E-state index is 13.3. The SMILES string of the molecule is Cc1ccc(NC2(c3ccc(F)cc3)C=CC=CC2C)cc1. The summed E-state index contributed by atoms with van der Waals surface area (Å²) in [5.74, 6) is 0.0430. The second kappa shape index (κ2) is 5.80. The van der Waals surface area contributed by atoms with Gasteiger partial charge in [0.05, 0.1) is 5.54 Å². The predicted octanol–water partition coefficient (Wildman–Crippen LogP) is 5.20. The van der Waals surface area contributed by atoms with Crippen molar-refractivity contribution in [2.24, 2.45) is 5.92 Å². The molecular weight excluding hydrogens is 273 g/mol. The molecule has 2 heteroatoms. The molecular formula is C20H20FN. The van der Waals surface area contributed by atoms with E-state index >= 15 is 0 Å². The fraction of sp³-hybridized carbons (Fsp3) is 0.200. The van der Waals surface area contributed by atoms with Crippen molar-refractivity contribution in [3.8, 4) is 0 Å². The predicted molar refractivity (Wildman–Crippen MR) is 90.3 cm³/mol. The number of halogens is 1. The Kier molecular flexibility index (Phi) is 3.84. The standard InChI is InChI=1S/C20H20FN/c1-15-6-12-19(13-7-15)22-20(14-4-3-5-16(20)2)17-8-10-18(21)11-9-17/h3-14,16,22H,1-2H3. The van der Waals surface area contributed by atoms with Gasteiger partial charge in [-0.25, -0.2) is 4.39 Å². The van der Waals surface area contributed by atoms with Crippen molar-refractivity contribution in [3.05, 3.63) is 89.8 Å². The summed E-state index contributed by atoms with van der Waals surface area (Å²) in [7, 11) is 0. The highest BCUT2D eigenvalue weighted by Crippen LogP contribution is 2.38. The van der Waals surface area contributed by atoms with Gasteiger partial charge in [-0.1, -0.05) is 61.1 Å². The van der Waals surface area contributed by atoms with Crippen LogP contribution in [0.3, 0.4) is 0 Å². The molecule has 1 aliphatic rings. The third-order valence-electron chi connectivity index (χ3n) is 4.31. The number of allylic oxidation sites excluding steroid dienone is 2. The van der Waals surface area contributed by atoms with Crippen LogP contribution in [-0.4, -0.2) is 0 Å². The first-order valence-corrected chi connectivity index (χ1v) is 7.57. The number of aryl methyl sites for hydroxylation is 1. The lowest BCUT2D eigenvalue weighted by Crippen LogP contribution is -2.40. The van der Waals surface area contributed by atoms with E-state index in [1.807, 2.05) is 18.2 Å². The summed E-state index contributed by atoms with van der Waals surface area (Å²) < 4.78 is 13.3. The second-order valence-electron chi connectivity index (χ2n) is 5.90. The summed E-state index contributed by atoms with van der Waals surface area (Å²) in [5.41, 5.74) is 2.98. The minimum Gasteiger partial charge on any atom is -0.372 e. The van der Waals surface area contributed by atoms with Crippen molar-refractivity contribution >= 4 is 5.69 Å². The highest BCUT2D eigenvalue weighted by Gasteiger charge is 2.35. The van der Waals surface area contributed by atoms with E-state index in [9.17, 15) is 4.39 Å². The molecule has 3 rings (SSSR count). The van der Waals surface area contributed by atoms with Crippen molar-refractivity contribution in [1.29, 1.82) is 0 Å². The molecule has 0 aromatic heterocycles. The van der Waals surface area contributed by atoms with Crippen LogP contribution in [0.2, 0.25) is 0 Å². The van der Waals surface area contributed by atoms with E-state index in [1.165, 1.54) is 17.7 Å². The molecule has 0 amide bonds. The Morgan fingerprint density at radius 1 is 0.955 bits per heavy atom. The molecule has 0 spiro atoms. The van der Waals surface area contributed by atoms with E-state index in [4.69, 9.17) is 0 Å². The summed E-state index contributed by atoms with van der Waals surface area (Å²) >= 11 is 0. The van der Waals surface area contributed by atoms with Crippen molar-refractivity contribution in [3.63, 3.8) is 0 Å². The zero-order chi connectivity index (χ0) is 15.6. The number of benzene rings is 2. The van der Waals surface area contributed by atoms with Gasteiger partial charge in [-0.15, -0.1) is 0 Å². The molecule has 1 nitrogen and oxygen atoms in total. The summed E-state index contributed by atoms with van der Waals surface area (Å²) in [6, 6.07) is 15.1. The van der Waals surface area contributed by atoms with Crippen LogP contribution in [0.25, 0.3) is 0 Å². The number of anilines is 1. The lowest BCUT2D eigenvalue weighted by molar-refractivity contribution is 0.471. The van der Waals surface area contributed by atoms with Gasteiger partial charge >= 0.3 is 0 Å². The van der Waals surface area contributed by atoms with Crippen molar-refractivity contribution in [1.82, 2.24) is 0 Å². The van der Waals surface area contributed by atoms with E-state index in [0.717, 1.165) is 11.3 Å². The van der Waals surface area contributed by atoms with E-state index in [-0.39, 0.29) is 17.3 Å². The van der Waals surface area contributed by atoms with Crippen LogP contribution < -0.4 is 5.32 Å². The summed E-state index contributed by atoms with van der Waals surface area (Å²) in [5, 5.41) is 3.65. The van der Waals surface area contributed by atoms with Gasteiger partial charge in [-0.3, -0.25) is 0 Å². The smallest absolute Gasteiger partial charge is 0.123 e. The van der Waals surface area contributed by atoms with Crippen LogP contribution in [0.4, 0.5) is 10.1 Å². The van der Waals surface area contributed by atoms with E-state index in [1.54, 1.807) is 0 Å². The van der Waals surface area contributed by atoms with Gasteiger partial charge in [-0.2, -0.15) is 0 Å². The van der Waals surface area contributed by atoms with Crippen molar-refractivity contribution < 1.29 is 4.39 Å².